The summed E-state index contributed by atoms with van der Waals surface area (Å²) in [6.07, 6.45) is -4.71. The van der Waals surface area contributed by atoms with E-state index in [1.807, 2.05) is 20.8 Å². The van der Waals surface area contributed by atoms with Crippen LogP contribution in [0.25, 0.3) is 0 Å². The van der Waals surface area contributed by atoms with Crippen LogP contribution in [-0.2, 0) is 6.18 Å². The van der Waals surface area contributed by atoms with Crippen LogP contribution in [0.1, 0.15) is 37.9 Å². The Labute approximate surface area is 103 Å². The maximum Gasteiger partial charge on any atom is 0.419 e. The SMILES string of the molecule is CC(C)(C)C(NN)c1ccc(F)c(C(F)(F)F)c1. The van der Waals surface area contributed by atoms with Gasteiger partial charge in [-0.15, -0.1) is 0 Å². The van der Waals surface area contributed by atoms with Crippen molar-refractivity contribution in [3.8, 4) is 0 Å². The van der Waals surface area contributed by atoms with Gasteiger partial charge in [0.1, 0.15) is 5.82 Å². The largest absolute Gasteiger partial charge is 0.419 e. The molecular formula is C12H16F4N2. The van der Waals surface area contributed by atoms with E-state index in [4.69, 9.17) is 5.84 Å². The van der Waals surface area contributed by atoms with E-state index >= 15 is 0 Å². The summed E-state index contributed by atoms with van der Waals surface area (Å²) in [4.78, 5) is 0. The summed E-state index contributed by atoms with van der Waals surface area (Å²) in [5.41, 5.74) is 1.10. The highest BCUT2D eigenvalue weighted by Gasteiger charge is 2.35. The first-order valence-corrected chi connectivity index (χ1v) is 5.40. The van der Waals surface area contributed by atoms with Crippen LogP contribution >= 0.6 is 0 Å². The molecule has 3 N–H and O–H groups in total. The molecule has 0 amide bonds. The first-order chi connectivity index (χ1) is 8.07. The van der Waals surface area contributed by atoms with E-state index < -0.39 is 29.0 Å². The Bertz CT molecular complexity index is 421. The molecule has 6 heteroatoms. The molecule has 0 aliphatic heterocycles. The van der Waals surface area contributed by atoms with Crippen molar-refractivity contribution in [1.29, 1.82) is 0 Å². The third-order valence-electron chi connectivity index (χ3n) is 2.66. The van der Waals surface area contributed by atoms with E-state index in [-0.39, 0.29) is 0 Å². The maximum absolute atomic E-state index is 13.2. The Hall–Kier alpha value is -1.14. The lowest BCUT2D eigenvalue weighted by molar-refractivity contribution is -0.140. The summed E-state index contributed by atoms with van der Waals surface area (Å²) in [7, 11) is 0. The van der Waals surface area contributed by atoms with E-state index in [9.17, 15) is 17.6 Å². The van der Waals surface area contributed by atoms with Crippen LogP contribution in [0, 0.1) is 11.2 Å². The molecule has 0 fully saturated rings. The van der Waals surface area contributed by atoms with Gasteiger partial charge in [-0.2, -0.15) is 13.2 Å². The van der Waals surface area contributed by atoms with Crippen molar-refractivity contribution < 1.29 is 17.6 Å². The summed E-state index contributed by atoms with van der Waals surface area (Å²) in [5, 5.41) is 0. The topological polar surface area (TPSA) is 38.0 Å². The third-order valence-corrected chi connectivity index (χ3v) is 2.66. The van der Waals surface area contributed by atoms with Gasteiger partial charge in [0.05, 0.1) is 11.6 Å². The van der Waals surface area contributed by atoms with Crippen LogP contribution in [-0.4, -0.2) is 0 Å². The zero-order valence-corrected chi connectivity index (χ0v) is 10.4. The van der Waals surface area contributed by atoms with Crippen molar-refractivity contribution in [1.82, 2.24) is 5.43 Å². The van der Waals surface area contributed by atoms with E-state index in [2.05, 4.69) is 5.43 Å². The molecule has 1 aromatic carbocycles. The van der Waals surface area contributed by atoms with Crippen LogP contribution < -0.4 is 11.3 Å². The summed E-state index contributed by atoms with van der Waals surface area (Å²) in [5.74, 6) is 4.08. The van der Waals surface area contributed by atoms with Gasteiger partial charge >= 0.3 is 6.18 Å². The molecule has 1 unspecified atom stereocenters. The number of hydrazine groups is 1. The van der Waals surface area contributed by atoms with Gasteiger partial charge in [0.25, 0.3) is 0 Å². The minimum Gasteiger partial charge on any atom is -0.271 e. The number of hydrogen-bond donors (Lipinski definition) is 2. The van der Waals surface area contributed by atoms with Gasteiger partial charge in [-0.3, -0.25) is 11.3 Å². The van der Waals surface area contributed by atoms with Gasteiger partial charge in [0.2, 0.25) is 0 Å². The van der Waals surface area contributed by atoms with Crippen molar-refractivity contribution in [2.45, 2.75) is 33.0 Å². The van der Waals surface area contributed by atoms with Crippen LogP contribution in [0.15, 0.2) is 18.2 Å². The van der Waals surface area contributed by atoms with Crippen LogP contribution in [0.5, 0.6) is 0 Å². The molecule has 0 saturated carbocycles. The first-order valence-electron chi connectivity index (χ1n) is 5.40. The summed E-state index contributed by atoms with van der Waals surface area (Å²) >= 11 is 0. The van der Waals surface area contributed by atoms with Crippen LogP contribution in [0.3, 0.4) is 0 Å². The Balaban J connectivity index is 3.28. The minimum absolute atomic E-state index is 0.304. The molecule has 0 aromatic heterocycles. The Morgan fingerprint density at radius 3 is 2.11 bits per heavy atom. The second-order valence-corrected chi connectivity index (χ2v) is 5.20. The number of nitrogens with two attached hydrogens (primary N) is 1. The van der Waals surface area contributed by atoms with Gasteiger partial charge in [-0.1, -0.05) is 26.8 Å². The number of nitrogens with one attached hydrogen (secondary N) is 1. The monoisotopic (exact) mass is 264 g/mol. The molecule has 18 heavy (non-hydrogen) atoms. The van der Waals surface area contributed by atoms with Crippen molar-refractivity contribution in [3.05, 3.63) is 35.1 Å². The molecule has 1 rings (SSSR count). The molecule has 1 aromatic rings. The molecule has 1 atom stereocenters. The lowest BCUT2D eigenvalue weighted by Gasteiger charge is -2.30. The van der Waals surface area contributed by atoms with Crippen molar-refractivity contribution in [3.63, 3.8) is 0 Å². The number of alkyl halides is 3. The fourth-order valence-electron chi connectivity index (χ4n) is 1.79. The highest BCUT2D eigenvalue weighted by atomic mass is 19.4. The van der Waals surface area contributed by atoms with Crippen molar-refractivity contribution in [2.24, 2.45) is 11.3 Å². The molecule has 0 aliphatic carbocycles. The van der Waals surface area contributed by atoms with Crippen LogP contribution in [0.2, 0.25) is 0 Å². The molecule has 0 heterocycles. The predicted octanol–water partition coefficient (Wildman–Crippen LogP) is 3.40. The van der Waals surface area contributed by atoms with Crippen molar-refractivity contribution >= 4 is 0 Å². The quantitative estimate of drug-likeness (QED) is 0.488. The minimum atomic E-state index is -4.71. The normalized spacial score (nSPS) is 14.7. The molecule has 0 spiro atoms. The third kappa shape index (κ3) is 3.20. The Morgan fingerprint density at radius 2 is 1.72 bits per heavy atom. The highest BCUT2D eigenvalue weighted by molar-refractivity contribution is 5.30. The number of benzene rings is 1. The highest BCUT2D eigenvalue weighted by Crippen LogP contribution is 2.37. The molecule has 0 bridgehead atoms. The molecule has 0 saturated heterocycles. The maximum atomic E-state index is 13.2. The summed E-state index contributed by atoms with van der Waals surface area (Å²) < 4.78 is 51.0. The van der Waals surface area contributed by atoms with Crippen LogP contribution in [0.4, 0.5) is 17.6 Å². The molecule has 2 nitrogen and oxygen atoms in total. The zero-order valence-electron chi connectivity index (χ0n) is 10.4. The van der Waals surface area contributed by atoms with Gasteiger partial charge in [0.15, 0.2) is 0 Å². The van der Waals surface area contributed by atoms with E-state index in [0.717, 1.165) is 12.1 Å². The first kappa shape index (κ1) is 14.9. The van der Waals surface area contributed by atoms with Gasteiger partial charge in [-0.05, 0) is 23.1 Å². The lowest BCUT2D eigenvalue weighted by atomic mass is 9.82. The standard InChI is InChI=1S/C12H16F4N2/c1-11(2,3)10(18-17)7-4-5-9(13)8(6-7)12(14,15)16/h4-6,10,18H,17H2,1-3H3. The van der Waals surface area contributed by atoms with Gasteiger partial charge in [-0.25, -0.2) is 4.39 Å². The molecule has 102 valence electrons. The molecule has 0 radical (unpaired) electrons. The van der Waals surface area contributed by atoms with Gasteiger partial charge in [0, 0.05) is 0 Å². The fourth-order valence-corrected chi connectivity index (χ4v) is 1.79. The van der Waals surface area contributed by atoms with E-state index in [1.165, 1.54) is 6.07 Å². The smallest absolute Gasteiger partial charge is 0.271 e. The van der Waals surface area contributed by atoms with Gasteiger partial charge < -0.3 is 0 Å². The van der Waals surface area contributed by atoms with E-state index in [1.54, 1.807) is 0 Å². The second-order valence-electron chi connectivity index (χ2n) is 5.20. The number of hydrogen-bond acceptors (Lipinski definition) is 2. The summed E-state index contributed by atoms with van der Waals surface area (Å²) in [6, 6.07) is 2.42. The number of halogens is 4. The Kier molecular flexibility index (Phi) is 4.02. The number of rotatable bonds is 2. The fraction of sp³-hybridized carbons (Fsp3) is 0.500. The molecule has 0 aliphatic rings. The second kappa shape index (κ2) is 4.85. The lowest BCUT2D eigenvalue weighted by Crippen LogP contribution is -2.37. The zero-order chi connectivity index (χ0) is 14.1. The average Bonchev–Trinajstić information content (AvgIpc) is 2.17. The average molecular weight is 264 g/mol. The van der Waals surface area contributed by atoms with E-state index in [0.29, 0.717) is 5.56 Å². The molecular weight excluding hydrogens is 248 g/mol. The predicted molar refractivity (Wildman–Crippen MR) is 60.9 cm³/mol. The Morgan fingerprint density at radius 1 is 1.17 bits per heavy atom. The van der Waals surface area contributed by atoms with Crippen molar-refractivity contribution in [2.75, 3.05) is 0 Å². The summed E-state index contributed by atoms with van der Waals surface area (Å²) in [6.45, 7) is 5.48.